The molecule has 3 rings (SSSR count). The van der Waals surface area contributed by atoms with Gasteiger partial charge in [-0.15, -0.1) is 0 Å². The first kappa shape index (κ1) is 11.3. The molecule has 0 spiro atoms. The Labute approximate surface area is 106 Å². The van der Waals surface area contributed by atoms with Crippen LogP contribution < -0.4 is 4.90 Å². The van der Waals surface area contributed by atoms with E-state index in [0.717, 1.165) is 36.3 Å². The summed E-state index contributed by atoms with van der Waals surface area (Å²) < 4.78 is 5.53. The van der Waals surface area contributed by atoms with Gasteiger partial charge in [0, 0.05) is 18.5 Å². The Bertz CT molecular complexity index is 571. The van der Waals surface area contributed by atoms with Crippen molar-refractivity contribution in [1.82, 2.24) is 4.98 Å². The van der Waals surface area contributed by atoms with Gasteiger partial charge in [0.05, 0.1) is 30.1 Å². The molecule has 1 aromatic heterocycles. The fourth-order valence-electron chi connectivity index (χ4n) is 2.33. The van der Waals surface area contributed by atoms with Gasteiger partial charge in [0.2, 0.25) is 0 Å². The van der Waals surface area contributed by atoms with E-state index in [0.29, 0.717) is 0 Å². The topological polar surface area (TPSA) is 45.6 Å². The second-order valence-electron chi connectivity index (χ2n) is 4.70. The number of hydrogen-bond donors (Lipinski definition) is 1. The fourth-order valence-corrected chi connectivity index (χ4v) is 2.33. The first-order chi connectivity index (χ1) is 8.72. The van der Waals surface area contributed by atoms with Crippen molar-refractivity contribution in [2.75, 3.05) is 24.6 Å². The van der Waals surface area contributed by atoms with Crippen LogP contribution in [-0.2, 0) is 4.74 Å². The molecule has 0 saturated carbocycles. The van der Waals surface area contributed by atoms with Gasteiger partial charge in [0.15, 0.2) is 0 Å². The number of morpholine rings is 1. The Hall–Kier alpha value is -1.81. The smallest absolute Gasteiger partial charge is 0.116 e. The normalized spacial score (nSPS) is 20.3. The average Bonchev–Trinajstić information content (AvgIpc) is 2.38. The minimum Gasteiger partial charge on any atom is -0.508 e. The minimum atomic E-state index is 0.249. The summed E-state index contributed by atoms with van der Waals surface area (Å²) in [5.74, 6) is 0.275. The molecule has 94 valence electrons. The van der Waals surface area contributed by atoms with Crippen LogP contribution in [0.15, 0.2) is 30.5 Å². The van der Waals surface area contributed by atoms with Crippen molar-refractivity contribution in [3.05, 3.63) is 30.5 Å². The minimum absolute atomic E-state index is 0.249. The van der Waals surface area contributed by atoms with Gasteiger partial charge in [-0.2, -0.15) is 0 Å². The lowest BCUT2D eigenvalue weighted by atomic mass is 10.2. The number of benzene rings is 1. The number of nitrogens with zero attached hydrogens (tertiary/aromatic N) is 2. The maximum absolute atomic E-state index is 9.51. The highest BCUT2D eigenvalue weighted by atomic mass is 16.5. The van der Waals surface area contributed by atoms with Crippen LogP contribution in [0, 0.1) is 0 Å². The van der Waals surface area contributed by atoms with Gasteiger partial charge < -0.3 is 14.7 Å². The molecule has 1 aromatic carbocycles. The number of anilines is 1. The Balaban J connectivity index is 1.96. The zero-order chi connectivity index (χ0) is 12.5. The van der Waals surface area contributed by atoms with Crippen molar-refractivity contribution in [3.63, 3.8) is 0 Å². The number of ether oxygens (including phenoxy) is 1. The molecule has 1 atom stereocenters. The fraction of sp³-hybridized carbons (Fsp3) is 0.357. The molecule has 0 radical (unpaired) electrons. The predicted molar refractivity (Wildman–Crippen MR) is 71.0 cm³/mol. The zero-order valence-corrected chi connectivity index (χ0v) is 10.3. The van der Waals surface area contributed by atoms with Gasteiger partial charge in [-0.05, 0) is 31.2 Å². The third kappa shape index (κ3) is 2.11. The highest BCUT2D eigenvalue weighted by Gasteiger charge is 2.17. The first-order valence-electron chi connectivity index (χ1n) is 6.18. The zero-order valence-electron chi connectivity index (χ0n) is 10.3. The van der Waals surface area contributed by atoms with E-state index in [2.05, 4.69) is 22.9 Å². The summed E-state index contributed by atoms with van der Waals surface area (Å²) in [6.45, 7) is 4.59. The van der Waals surface area contributed by atoms with Crippen molar-refractivity contribution in [2.24, 2.45) is 0 Å². The van der Waals surface area contributed by atoms with E-state index in [1.165, 1.54) is 0 Å². The average molecular weight is 244 g/mol. The van der Waals surface area contributed by atoms with Crippen LogP contribution in [0.3, 0.4) is 0 Å². The molecule has 4 nitrogen and oxygen atoms in total. The summed E-state index contributed by atoms with van der Waals surface area (Å²) in [4.78, 5) is 6.70. The molecule has 4 heteroatoms. The summed E-state index contributed by atoms with van der Waals surface area (Å²) in [6, 6.07) is 7.30. The standard InChI is InChI=1S/C14H16N2O2/c1-10-9-16(4-5-18-10)12-6-11-7-13(17)2-3-14(11)15-8-12/h2-3,6-8,10,17H,4-5,9H2,1H3/t10-/m0/s1. The lowest BCUT2D eigenvalue weighted by molar-refractivity contribution is 0.0532. The maximum Gasteiger partial charge on any atom is 0.116 e. The highest BCUT2D eigenvalue weighted by molar-refractivity contribution is 5.83. The predicted octanol–water partition coefficient (Wildman–Crippen LogP) is 2.17. The summed E-state index contributed by atoms with van der Waals surface area (Å²) in [6.07, 6.45) is 2.14. The molecule has 18 heavy (non-hydrogen) atoms. The molecule has 2 heterocycles. The van der Waals surface area contributed by atoms with Gasteiger partial charge in [-0.1, -0.05) is 0 Å². The molecule has 0 aliphatic carbocycles. The summed E-state index contributed by atoms with van der Waals surface area (Å²) in [5.41, 5.74) is 1.99. The largest absolute Gasteiger partial charge is 0.508 e. The van der Waals surface area contributed by atoms with Crippen LogP contribution >= 0.6 is 0 Å². The van der Waals surface area contributed by atoms with E-state index in [4.69, 9.17) is 4.74 Å². The summed E-state index contributed by atoms with van der Waals surface area (Å²) in [5, 5.41) is 10.5. The number of aromatic nitrogens is 1. The summed E-state index contributed by atoms with van der Waals surface area (Å²) in [7, 11) is 0. The Morgan fingerprint density at radius 2 is 2.28 bits per heavy atom. The van der Waals surface area contributed by atoms with Crippen molar-refractivity contribution in [1.29, 1.82) is 0 Å². The van der Waals surface area contributed by atoms with E-state index in [-0.39, 0.29) is 11.9 Å². The number of hydrogen-bond acceptors (Lipinski definition) is 4. The van der Waals surface area contributed by atoms with E-state index < -0.39 is 0 Å². The monoisotopic (exact) mass is 244 g/mol. The second kappa shape index (κ2) is 4.46. The van der Waals surface area contributed by atoms with Crippen LogP contribution in [0.2, 0.25) is 0 Å². The molecule has 1 saturated heterocycles. The molecule has 0 bridgehead atoms. The van der Waals surface area contributed by atoms with Crippen molar-refractivity contribution < 1.29 is 9.84 Å². The molecular formula is C14H16N2O2. The number of pyridine rings is 1. The Morgan fingerprint density at radius 3 is 3.11 bits per heavy atom. The van der Waals surface area contributed by atoms with Crippen LogP contribution in [0.5, 0.6) is 5.75 Å². The van der Waals surface area contributed by atoms with Crippen LogP contribution in [0.25, 0.3) is 10.9 Å². The van der Waals surface area contributed by atoms with E-state index in [9.17, 15) is 5.11 Å². The lowest BCUT2D eigenvalue weighted by Crippen LogP contribution is -2.41. The van der Waals surface area contributed by atoms with E-state index in [1.54, 1.807) is 12.1 Å². The maximum atomic E-state index is 9.51. The van der Waals surface area contributed by atoms with Crippen molar-refractivity contribution in [2.45, 2.75) is 13.0 Å². The van der Waals surface area contributed by atoms with Crippen LogP contribution in [0.1, 0.15) is 6.92 Å². The third-order valence-corrected chi connectivity index (χ3v) is 3.26. The van der Waals surface area contributed by atoms with Gasteiger partial charge in [-0.3, -0.25) is 4.98 Å². The van der Waals surface area contributed by atoms with E-state index in [1.807, 2.05) is 12.3 Å². The molecule has 2 aromatic rings. The van der Waals surface area contributed by atoms with Crippen molar-refractivity contribution in [3.8, 4) is 5.75 Å². The second-order valence-corrected chi connectivity index (χ2v) is 4.70. The number of phenols is 1. The van der Waals surface area contributed by atoms with E-state index >= 15 is 0 Å². The quantitative estimate of drug-likeness (QED) is 0.835. The molecular weight excluding hydrogens is 228 g/mol. The van der Waals surface area contributed by atoms with Gasteiger partial charge in [0.1, 0.15) is 5.75 Å². The Kier molecular flexibility index (Phi) is 2.80. The molecule has 0 amide bonds. The van der Waals surface area contributed by atoms with Crippen LogP contribution in [-0.4, -0.2) is 35.9 Å². The van der Waals surface area contributed by atoms with Gasteiger partial charge in [-0.25, -0.2) is 0 Å². The molecule has 1 N–H and O–H groups in total. The summed E-state index contributed by atoms with van der Waals surface area (Å²) >= 11 is 0. The molecule has 1 fully saturated rings. The molecule has 0 unspecified atom stereocenters. The van der Waals surface area contributed by atoms with Crippen molar-refractivity contribution >= 4 is 16.6 Å². The number of rotatable bonds is 1. The number of phenolic OH excluding ortho intramolecular Hbond substituents is 1. The SMILES string of the molecule is C[C@H]1CN(c2cnc3ccc(O)cc3c2)CCO1. The number of fused-ring (bicyclic) bond motifs is 1. The Morgan fingerprint density at radius 1 is 1.39 bits per heavy atom. The molecule has 1 aliphatic rings. The third-order valence-electron chi connectivity index (χ3n) is 3.26. The number of aromatic hydroxyl groups is 1. The molecule has 1 aliphatic heterocycles. The van der Waals surface area contributed by atoms with Crippen LogP contribution in [0.4, 0.5) is 5.69 Å². The highest BCUT2D eigenvalue weighted by Crippen LogP contribution is 2.24. The lowest BCUT2D eigenvalue weighted by Gasteiger charge is -2.32. The first-order valence-corrected chi connectivity index (χ1v) is 6.18. The van der Waals surface area contributed by atoms with Gasteiger partial charge in [0.25, 0.3) is 0 Å². The van der Waals surface area contributed by atoms with Gasteiger partial charge >= 0.3 is 0 Å².